The predicted octanol–water partition coefficient (Wildman–Crippen LogP) is 1.25. The maximum Gasteiger partial charge on any atom is 0.309 e. The van der Waals surface area contributed by atoms with Gasteiger partial charge in [-0.1, -0.05) is 18.2 Å². The van der Waals surface area contributed by atoms with E-state index in [0.717, 1.165) is 12.0 Å². The van der Waals surface area contributed by atoms with E-state index in [4.69, 9.17) is 5.11 Å². The van der Waals surface area contributed by atoms with E-state index in [1.54, 1.807) is 12.3 Å². The van der Waals surface area contributed by atoms with Gasteiger partial charge in [0.2, 0.25) is 5.91 Å². The molecule has 1 heterocycles. The van der Waals surface area contributed by atoms with Crippen LogP contribution in [0.5, 0.6) is 0 Å². The van der Waals surface area contributed by atoms with Crippen LogP contribution in [0, 0.1) is 0 Å². The van der Waals surface area contributed by atoms with Crippen molar-refractivity contribution in [3.63, 3.8) is 0 Å². The standard InChI is InChI=1S/C13H16N2O3/c1-10(16)14-7-3-2-4-11-5-6-12(15-9-11)8-13(17)18/h2,4-6,9H,3,7-8H2,1H3,(H,14,16)(H,17,18). The Hall–Kier alpha value is -2.17. The van der Waals surface area contributed by atoms with Crippen molar-refractivity contribution in [3.05, 3.63) is 35.7 Å². The number of aliphatic carboxylic acids is 1. The van der Waals surface area contributed by atoms with Crippen molar-refractivity contribution < 1.29 is 14.7 Å². The van der Waals surface area contributed by atoms with Gasteiger partial charge in [-0.25, -0.2) is 0 Å². The lowest BCUT2D eigenvalue weighted by atomic mass is 10.2. The maximum atomic E-state index is 10.6. The summed E-state index contributed by atoms with van der Waals surface area (Å²) in [4.78, 5) is 25.1. The molecular weight excluding hydrogens is 232 g/mol. The molecule has 1 rings (SSSR count). The molecule has 0 aliphatic rings. The van der Waals surface area contributed by atoms with Gasteiger partial charge in [0.1, 0.15) is 0 Å². The zero-order chi connectivity index (χ0) is 13.4. The highest BCUT2D eigenvalue weighted by Crippen LogP contribution is 2.03. The van der Waals surface area contributed by atoms with Crippen LogP contribution in [0.4, 0.5) is 0 Å². The summed E-state index contributed by atoms with van der Waals surface area (Å²) in [7, 11) is 0. The van der Waals surface area contributed by atoms with E-state index in [-0.39, 0.29) is 12.3 Å². The zero-order valence-corrected chi connectivity index (χ0v) is 10.2. The Morgan fingerprint density at radius 3 is 2.78 bits per heavy atom. The molecule has 0 atom stereocenters. The lowest BCUT2D eigenvalue weighted by Crippen LogP contribution is -2.20. The number of carboxylic acid groups (broad SMARTS) is 1. The maximum absolute atomic E-state index is 10.6. The Bertz CT molecular complexity index is 438. The largest absolute Gasteiger partial charge is 0.481 e. The van der Waals surface area contributed by atoms with E-state index in [1.165, 1.54) is 6.92 Å². The Kier molecular flexibility index (Phi) is 5.57. The molecule has 1 aromatic heterocycles. The van der Waals surface area contributed by atoms with E-state index in [0.29, 0.717) is 12.2 Å². The van der Waals surface area contributed by atoms with Gasteiger partial charge < -0.3 is 10.4 Å². The van der Waals surface area contributed by atoms with Crippen LogP contribution in [0.15, 0.2) is 24.4 Å². The number of rotatable bonds is 6. The molecule has 0 radical (unpaired) electrons. The van der Waals surface area contributed by atoms with Gasteiger partial charge in [0.25, 0.3) is 0 Å². The minimum absolute atomic E-state index is 0.0388. The molecule has 2 N–H and O–H groups in total. The van der Waals surface area contributed by atoms with Crippen LogP contribution in [0.1, 0.15) is 24.6 Å². The van der Waals surface area contributed by atoms with Gasteiger partial charge in [-0.2, -0.15) is 0 Å². The first-order valence-corrected chi connectivity index (χ1v) is 5.65. The minimum Gasteiger partial charge on any atom is -0.481 e. The average molecular weight is 248 g/mol. The molecule has 1 amide bonds. The number of hydrogen-bond acceptors (Lipinski definition) is 3. The SMILES string of the molecule is CC(=O)NCCC=Cc1ccc(CC(=O)O)nc1. The quantitative estimate of drug-likeness (QED) is 0.742. The molecule has 0 aliphatic heterocycles. The van der Waals surface area contributed by atoms with E-state index in [9.17, 15) is 9.59 Å². The fourth-order valence-electron chi connectivity index (χ4n) is 1.34. The summed E-state index contributed by atoms with van der Waals surface area (Å²) in [5.41, 5.74) is 1.45. The van der Waals surface area contributed by atoms with Crippen molar-refractivity contribution in [1.29, 1.82) is 0 Å². The van der Waals surface area contributed by atoms with Crippen molar-refractivity contribution in [2.75, 3.05) is 6.54 Å². The van der Waals surface area contributed by atoms with Crippen LogP contribution in [0.25, 0.3) is 6.08 Å². The topological polar surface area (TPSA) is 79.3 Å². The predicted molar refractivity (Wildman–Crippen MR) is 67.9 cm³/mol. The summed E-state index contributed by atoms with van der Waals surface area (Å²) in [6, 6.07) is 3.52. The van der Waals surface area contributed by atoms with E-state index in [2.05, 4.69) is 10.3 Å². The zero-order valence-electron chi connectivity index (χ0n) is 10.2. The number of nitrogens with zero attached hydrogens (tertiary/aromatic N) is 1. The Morgan fingerprint density at radius 1 is 1.44 bits per heavy atom. The molecule has 0 spiro atoms. The van der Waals surface area contributed by atoms with Gasteiger partial charge >= 0.3 is 5.97 Å². The van der Waals surface area contributed by atoms with Crippen molar-refractivity contribution in [2.45, 2.75) is 19.8 Å². The lowest BCUT2D eigenvalue weighted by Gasteiger charge is -1.98. The number of amides is 1. The first kappa shape index (κ1) is 13.9. The van der Waals surface area contributed by atoms with Gasteiger partial charge in [-0.3, -0.25) is 14.6 Å². The number of nitrogens with one attached hydrogen (secondary N) is 1. The molecule has 0 unspecified atom stereocenters. The smallest absolute Gasteiger partial charge is 0.309 e. The van der Waals surface area contributed by atoms with E-state index < -0.39 is 5.97 Å². The molecule has 0 bridgehead atoms. The Morgan fingerprint density at radius 2 is 2.22 bits per heavy atom. The van der Waals surface area contributed by atoms with Crippen molar-refractivity contribution in [2.24, 2.45) is 0 Å². The van der Waals surface area contributed by atoms with Gasteiger partial charge in [0, 0.05) is 19.7 Å². The van der Waals surface area contributed by atoms with E-state index in [1.807, 2.05) is 18.2 Å². The highest BCUT2D eigenvalue weighted by molar-refractivity contribution is 5.72. The van der Waals surface area contributed by atoms with Crippen LogP contribution < -0.4 is 5.32 Å². The fraction of sp³-hybridized carbons (Fsp3) is 0.308. The highest BCUT2D eigenvalue weighted by Gasteiger charge is 2.00. The van der Waals surface area contributed by atoms with E-state index >= 15 is 0 Å². The summed E-state index contributed by atoms with van der Waals surface area (Å²) >= 11 is 0. The van der Waals surface area contributed by atoms with Crippen LogP contribution >= 0.6 is 0 Å². The van der Waals surface area contributed by atoms with Crippen molar-refractivity contribution in [3.8, 4) is 0 Å². The fourth-order valence-corrected chi connectivity index (χ4v) is 1.34. The summed E-state index contributed by atoms with van der Waals surface area (Å²) in [6.45, 7) is 2.09. The molecule has 0 saturated heterocycles. The third kappa shape index (κ3) is 5.79. The van der Waals surface area contributed by atoms with Gasteiger partial charge in [0.05, 0.1) is 12.1 Å². The molecule has 5 heteroatoms. The Balaban J connectivity index is 2.40. The average Bonchev–Trinajstić information content (AvgIpc) is 2.30. The summed E-state index contributed by atoms with van der Waals surface area (Å²) < 4.78 is 0. The lowest BCUT2D eigenvalue weighted by molar-refractivity contribution is -0.136. The van der Waals surface area contributed by atoms with Crippen LogP contribution in [0.3, 0.4) is 0 Å². The minimum atomic E-state index is -0.888. The number of hydrogen-bond donors (Lipinski definition) is 2. The number of carbonyl (C=O) groups is 2. The molecular formula is C13H16N2O3. The van der Waals surface area contributed by atoms with Crippen LogP contribution in [-0.2, 0) is 16.0 Å². The summed E-state index contributed by atoms with van der Waals surface area (Å²) in [6.07, 6.45) is 6.14. The summed E-state index contributed by atoms with van der Waals surface area (Å²) in [5.74, 6) is -0.927. The molecule has 5 nitrogen and oxygen atoms in total. The monoisotopic (exact) mass is 248 g/mol. The number of aromatic nitrogens is 1. The molecule has 0 fully saturated rings. The Labute approximate surface area is 106 Å². The third-order valence-electron chi connectivity index (χ3n) is 2.18. The molecule has 18 heavy (non-hydrogen) atoms. The molecule has 0 aromatic carbocycles. The molecule has 96 valence electrons. The molecule has 0 aliphatic carbocycles. The molecule has 0 saturated carbocycles. The second-order valence-corrected chi connectivity index (χ2v) is 3.83. The van der Waals surface area contributed by atoms with Crippen molar-refractivity contribution >= 4 is 18.0 Å². The number of carbonyl (C=O) groups excluding carboxylic acids is 1. The first-order valence-electron chi connectivity index (χ1n) is 5.65. The second kappa shape index (κ2) is 7.21. The number of carboxylic acids is 1. The third-order valence-corrected chi connectivity index (χ3v) is 2.18. The number of pyridine rings is 1. The highest BCUT2D eigenvalue weighted by atomic mass is 16.4. The molecule has 1 aromatic rings. The van der Waals surface area contributed by atoms with Gasteiger partial charge in [0.15, 0.2) is 0 Å². The van der Waals surface area contributed by atoms with Gasteiger partial charge in [-0.05, 0) is 18.1 Å². The normalized spacial score (nSPS) is 10.5. The summed E-state index contributed by atoms with van der Waals surface area (Å²) in [5, 5.41) is 11.3. The van der Waals surface area contributed by atoms with Crippen LogP contribution in [0.2, 0.25) is 0 Å². The first-order chi connectivity index (χ1) is 8.58. The van der Waals surface area contributed by atoms with Crippen LogP contribution in [-0.4, -0.2) is 28.5 Å². The second-order valence-electron chi connectivity index (χ2n) is 3.83. The van der Waals surface area contributed by atoms with Gasteiger partial charge in [-0.15, -0.1) is 0 Å². The van der Waals surface area contributed by atoms with Crippen molar-refractivity contribution in [1.82, 2.24) is 10.3 Å².